The summed E-state index contributed by atoms with van der Waals surface area (Å²) in [6.07, 6.45) is 8.95. The summed E-state index contributed by atoms with van der Waals surface area (Å²) >= 11 is 0. The quantitative estimate of drug-likeness (QED) is 0.568. The molecule has 2 rings (SSSR count). The van der Waals surface area contributed by atoms with Gasteiger partial charge in [-0.05, 0) is 19.1 Å². The molecule has 1 aliphatic rings. The lowest BCUT2D eigenvalue weighted by Crippen LogP contribution is -1.97. The van der Waals surface area contributed by atoms with Gasteiger partial charge in [-0.3, -0.25) is 4.99 Å². The summed E-state index contributed by atoms with van der Waals surface area (Å²) in [5, 5.41) is 4.15. The minimum absolute atomic E-state index is 0.753. The lowest BCUT2D eigenvalue weighted by molar-refractivity contribution is 0.905. The van der Waals surface area contributed by atoms with Crippen LogP contribution in [0.4, 0.5) is 0 Å². The molecule has 0 radical (unpaired) electrons. The van der Waals surface area contributed by atoms with Crippen LogP contribution < -0.4 is 0 Å². The van der Waals surface area contributed by atoms with E-state index >= 15 is 0 Å². The molecule has 4 heteroatoms. The first-order valence-corrected chi connectivity index (χ1v) is 3.66. The highest BCUT2D eigenvalue weighted by Gasteiger charge is 2.01. The van der Waals surface area contributed by atoms with E-state index in [0.717, 1.165) is 11.6 Å². The van der Waals surface area contributed by atoms with Gasteiger partial charge in [-0.2, -0.15) is 5.10 Å². The predicted octanol–water partition coefficient (Wildman–Crippen LogP) is 1.00. The lowest BCUT2D eigenvalue weighted by Gasteiger charge is -1.93. The summed E-state index contributed by atoms with van der Waals surface area (Å²) in [6.45, 7) is 1.85. The molecular weight excluding hydrogens is 152 g/mol. The molecule has 1 aromatic rings. The molecule has 4 nitrogen and oxygen atoms in total. The third-order valence-electron chi connectivity index (χ3n) is 1.46. The Kier molecular flexibility index (Phi) is 1.59. The van der Waals surface area contributed by atoms with E-state index in [1.165, 1.54) is 0 Å². The number of nitrogens with zero attached hydrogens (tertiary/aromatic N) is 4. The minimum Gasteiger partial charge on any atom is -0.261 e. The molecule has 60 valence electrons. The summed E-state index contributed by atoms with van der Waals surface area (Å²) in [5.41, 5.74) is 0. The summed E-state index contributed by atoms with van der Waals surface area (Å²) < 4.78 is 1.70. The maximum atomic E-state index is 4.17. The van der Waals surface area contributed by atoms with Gasteiger partial charge in [0.15, 0.2) is 5.82 Å². The van der Waals surface area contributed by atoms with Crippen LogP contribution in [0, 0.1) is 6.92 Å². The second-order valence-corrected chi connectivity index (χ2v) is 2.42. The number of aryl methyl sites for hydroxylation is 1. The van der Waals surface area contributed by atoms with Crippen LogP contribution in [0.5, 0.6) is 0 Å². The van der Waals surface area contributed by atoms with Crippen LogP contribution in [0.25, 0.3) is 6.20 Å². The van der Waals surface area contributed by atoms with Gasteiger partial charge in [0.25, 0.3) is 0 Å². The Balaban J connectivity index is 2.53. The summed E-state index contributed by atoms with van der Waals surface area (Å²) in [5.74, 6) is 1.51. The third-order valence-corrected chi connectivity index (χ3v) is 1.46. The van der Waals surface area contributed by atoms with E-state index in [-0.39, 0.29) is 0 Å². The maximum Gasteiger partial charge on any atom is 0.173 e. The van der Waals surface area contributed by atoms with Crippen LogP contribution in [0.15, 0.2) is 23.3 Å². The SMILES string of the molecule is Cc1nc2n(n1)/C=C\C=C\N=C2. The molecule has 0 fully saturated rings. The largest absolute Gasteiger partial charge is 0.261 e. The van der Waals surface area contributed by atoms with Crippen LogP contribution in [-0.4, -0.2) is 21.0 Å². The van der Waals surface area contributed by atoms with Crippen molar-refractivity contribution in [3.05, 3.63) is 30.0 Å². The van der Waals surface area contributed by atoms with Gasteiger partial charge in [-0.1, -0.05) is 0 Å². The van der Waals surface area contributed by atoms with Crippen molar-refractivity contribution in [3.8, 4) is 0 Å². The van der Waals surface area contributed by atoms with Crippen LogP contribution in [0.2, 0.25) is 0 Å². The van der Waals surface area contributed by atoms with Crippen molar-refractivity contribution in [2.45, 2.75) is 6.92 Å². The Bertz CT molecular complexity index is 337. The van der Waals surface area contributed by atoms with Gasteiger partial charge in [0.05, 0.1) is 6.21 Å². The highest BCUT2D eigenvalue weighted by Crippen LogP contribution is 1.98. The van der Waals surface area contributed by atoms with Gasteiger partial charge in [0.2, 0.25) is 0 Å². The molecule has 12 heavy (non-hydrogen) atoms. The molecule has 0 N–H and O–H groups in total. The number of rotatable bonds is 0. The zero-order valence-electron chi connectivity index (χ0n) is 6.68. The highest BCUT2D eigenvalue weighted by molar-refractivity contribution is 5.76. The number of hydrogen-bond acceptors (Lipinski definition) is 3. The molecular formula is C8H8N4. The molecule has 1 aromatic heterocycles. The van der Waals surface area contributed by atoms with Gasteiger partial charge in [-0.15, -0.1) is 0 Å². The van der Waals surface area contributed by atoms with Gasteiger partial charge in [0.1, 0.15) is 5.82 Å². The zero-order chi connectivity index (χ0) is 8.39. The van der Waals surface area contributed by atoms with Gasteiger partial charge < -0.3 is 0 Å². The molecule has 0 aliphatic carbocycles. The summed E-state index contributed by atoms with van der Waals surface area (Å²) in [6, 6.07) is 0. The average Bonchev–Trinajstić information content (AvgIpc) is 2.32. The normalized spacial score (nSPS) is 19.4. The monoisotopic (exact) mass is 160 g/mol. The number of hydrogen-bond donors (Lipinski definition) is 0. The first kappa shape index (κ1) is 6.97. The number of aromatic nitrogens is 3. The Morgan fingerprint density at radius 3 is 3.17 bits per heavy atom. The van der Waals surface area contributed by atoms with Crippen molar-refractivity contribution in [1.82, 2.24) is 14.8 Å². The molecule has 0 saturated carbocycles. The molecule has 0 amide bonds. The van der Waals surface area contributed by atoms with Crippen LogP contribution >= 0.6 is 0 Å². The zero-order valence-corrected chi connectivity index (χ0v) is 6.68. The second kappa shape index (κ2) is 2.73. The topological polar surface area (TPSA) is 43.1 Å². The van der Waals surface area contributed by atoms with Gasteiger partial charge in [0, 0.05) is 12.4 Å². The highest BCUT2D eigenvalue weighted by atomic mass is 15.3. The molecule has 2 heterocycles. The average molecular weight is 160 g/mol. The van der Waals surface area contributed by atoms with E-state index in [2.05, 4.69) is 15.1 Å². The van der Waals surface area contributed by atoms with Crippen molar-refractivity contribution in [3.63, 3.8) is 0 Å². The van der Waals surface area contributed by atoms with Gasteiger partial charge >= 0.3 is 0 Å². The fourth-order valence-corrected chi connectivity index (χ4v) is 0.985. The van der Waals surface area contributed by atoms with Crippen LogP contribution in [-0.2, 0) is 0 Å². The standard InChI is InChI=1S/C8H8N4/c1-7-10-8-6-9-4-2-3-5-12(8)11-7/h2-6H,1H3/b4-2+,5-3-,9-6?. The predicted molar refractivity (Wildman–Crippen MR) is 46.8 cm³/mol. The minimum atomic E-state index is 0.753. The van der Waals surface area contributed by atoms with Crippen molar-refractivity contribution in [1.29, 1.82) is 0 Å². The van der Waals surface area contributed by atoms with Crippen LogP contribution in [0.1, 0.15) is 11.6 Å². The third kappa shape index (κ3) is 1.18. The van der Waals surface area contributed by atoms with Crippen molar-refractivity contribution < 1.29 is 0 Å². The molecule has 1 aliphatic heterocycles. The fraction of sp³-hybridized carbons (Fsp3) is 0.125. The maximum absolute atomic E-state index is 4.17. The lowest BCUT2D eigenvalue weighted by atomic mass is 10.5. The first-order valence-electron chi connectivity index (χ1n) is 3.66. The first-order chi connectivity index (χ1) is 5.86. The van der Waals surface area contributed by atoms with Gasteiger partial charge in [-0.25, -0.2) is 9.67 Å². The van der Waals surface area contributed by atoms with E-state index in [4.69, 9.17) is 0 Å². The smallest absolute Gasteiger partial charge is 0.173 e. The Hall–Kier alpha value is -1.71. The van der Waals surface area contributed by atoms with Crippen molar-refractivity contribution in [2.75, 3.05) is 0 Å². The second-order valence-electron chi connectivity index (χ2n) is 2.42. The molecule has 0 saturated heterocycles. The Morgan fingerprint density at radius 2 is 2.25 bits per heavy atom. The molecule has 0 aromatic carbocycles. The molecule has 0 unspecified atom stereocenters. The van der Waals surface area contributed by atoms with E-state index in [0.29, 0.717) is 0 Å². The van der Waals surface area contributed by atoms with E-state index in [9.17, 15) is 0 Å². The summed E-state index contributed by atoms with van der Waals surface area (Å²) in [4.78, 5) is 8.18. The van der Waals surface area contributed by atoms with E-state index in [1.54, 1.807) is 17.1 Å². The van der Waals surface area contributed by atoms with E-state index in [1.807, 2.05) is 25.3 Å². The van der Waals surface area contributed by atoms with E-state index < -0.39 is 0 Å². The number of allylic oxidation sites excluding steroid dienone is 2. The molecule has 0 bridgehead atoms. The number of fused-ring (bicyclic) bond motifs is 1. The van der Waals surface area contributed by atoms with Crippen molar-refractivity contribution in [2.24, 2.45) is 4.99 Å². The Labute approximate surface area is 70.0 Å². The number of aliphatic imine (C=N–C) groups is 1. The Morgan fingerprint density at radius 1 is 1.33 bits per heavy atom. The molecule has 0 spiro atoms. The summed E-state index contributed by atoms with van der Waals surface area (Å²) in [7, 11) is 0. The fourth-order valence-electron chi connectivity index (χ4n) is 0.985. The van der Waals surface area contributed by atoms with Crippen molar-refractivity contribution >= 4 is 12.4 Å². The molecule has 0 atom stereocenters. The van der Waals surface area contributed by atoms with Crippen LogP contribution in [0.3, 0.4) is 0 Å².